The number of ether oxygens (including phenoxy) is 1. The Morgan fingerprint density at radius 3 is 2.06 bits per heavy atom. The number of hydrogen-bond acceptors (Lipinski definition) is 3. The van der Waals surface area contributed by atoms with Crippen LogP contribution in [0.2, 0.25) is 0 Å². The second-order valence-electron chi connectivity index (χ2n) is 5.57. The molecular formula is C14H31NO3. The van der Waals surface area contributed by atoms with Crippen LogP contribution in [0.3, 0.4) is 0 Å². The van der Waals surface area contributed by atoms with Crippen LogP contribution in [0, 0.1) is 5.92 Å². The highest BCUT2D eigenvalue weighted by Gasteiger charge is 2.05. The van der Waals surface area contributed by atoms with Gasteiger partial charge in [0.1, 0.15) is 6.54 Å². The Balaban J connectivity index is 0. The van der Waals surface area contributed by atoms with Gasteiger partial charge in [0.2, 0.25) is 0 Å². The quantitative estimate of drug-likeness (QED) is 0.619. The van der Waals surface area contributed by atoms with Gasteiger partial charge in [0, 0.05) is 13.1 Å². The Kier molecular flexibility index (Phi) is 12.6. The number of likely N-dealkylation sites (N-methyl/N-ethyl adjacent to an activating group) is 1. The summed E-state index contributed by atoms with van der Waals surface area (Å²) in [6, 6.07) is 0. The first kappa shape index (κ1) is 19.7. The maximum absolute atomic E-state index is 10.3. The average molecular weight is 261 g/mol. The van der Waals surface area contributed by atoms with Gasteiger partial charge in [0.15, 0.2) is 0 Å². The molecule has 4 nitrogen and oxygen atoms in total. The van der Waals surface area contributed by atoms with Gasteiger partial charge in [-0.2, -0.15) is 0 Å². The predicted molar refractivity (Wildman–Crippen MR) is 73.1 cm³/mol. The molecule has 0 radical (unpaired) electrons. The van der Waals surface area contributed by atoms with Crippen LogP contribution in [0.1, 0.15) is 39.5 Å². The molecule has 0 bridgehead atoms. The number of quaternary nitrogens is 1. The minimum atomic E-state index is -0.893. The lowest BCUT2D eigenvalue weighted by Gasteiger charge is -2.22. The summed E-state index contributed by atoms with van der Waals surface area (Å²) in [5.41, 5.74) is 0. The van der Waals surface area contributed by atoms with Crippen molar-refractivity contribution in [2.75, 3.05) is 41.4 Å². The summed E-state index contributed by atoms with van der Waals surface area (Å²) < 4.78 is 5.88. The summed E-state index contributed by atoms with van der Waals surface area (Å²) >= 11 is 0. The molecule has 1 unspecified atom stereocenters. The number of carboxylic acid groups (broad SMARTS) is 1. The highest BCUT2D eigenvalue weighted by Crippen LogP contribution is 2.10. The van der Waals surface area contributed by atoms with E-state index in [0.717, 1.165) is 36.9 Å². The van der Waals surface area contributed by atoms with Gasteiger partial charge < -0.3 is 19.1 Å². The van der Waals surface area contributed by atoms with Crippen molar-refractivity contribution >= 4 is 5.97 Å². The van der Waals surface area contributed by atoms with Crippen LogP contribution in [-0.4, -0.2) is 51.9 Å². The molecule has 0 spiro atoms. The van der Waals surface area contributed by atoms with Crippen molar-refractivity contribution in [3.05, 3.63) is 0 Å². The molecule has 0 aromatic rings. The summed E-state index contributed by atoms with van der Waals surface area (Å²) in [5.74, 6) is -1.11. The van der Waals surface area contributed by atoms with Crippen LogP contribution in [0.15, 0.2) is 0 Å². The van der Waals surface area contributed by atoms with E-state index in [1.54, 1.807) is 7.11 Å². The first-order chi connectivity index (χ1) is 8.28. The molecule has 0 heterocycles. The van der Waals surface area contributed by atoms with Gasteiger partial charge >= 0.3 is 0 Å². The highest BCUT2D eigenvalue weighted by atomic mass is 16.5. The number of hydrogen-bond donors (Lipinski definition) is 0. The minimum absolute atomic E-state index is 0.222. The normalized spacial score (nSPS) is 12.6. The standard InChI is InChI=1S/C8H16O2.C6H16NO/c1-3-5-6-7(4-2)8(9)10;1-7(2,3)5-6-8-4/h7H,3-6H2,1-2H3,(H,9,10);5-6H2,1-4H3/q;+1/p-1. The maximum atomic E-state index is 10.3. The van der Waals surface area contributed by atoms with Crippen LogP contribution in [0.5, 0.6) is 0 Å². The summed E-state index contributed by atoms with van der Waals surface area (Å²) in [5, 5.41) is 10.3. The zero-order valence-corrected chi connectivity index (χ0v) is 13.0. The van der Waals surface area contributed by atoms with Crippen molar-refractivity contribution in [1.82, 2.24) is 0 Å². The number of nitrogens with zero attached hydrogens (tertiary/aromatic N) is 1. The molecule has 0 rings (SSSR count). The molecule has 0 fully saturated rings. The Bertz CT molecular complexity index is 200. The molecule has 110 valence electrons. The van der Waals surface area contributed by atoms with Gasteiger partial charge in [-0.15, -0.1) is 0 Å². The fourth-order valence-corrected chi connectivity index (χ4v) is 1.30. The SMILES string of the molecule is CCCCC(CC)C(=O)[O-].COCC[N+](C)(C)C. The van der Waals surface area contributed by atoms with E-state index >= 15 is 0 Å². The van der Waals surface area contributed by atoms with E-state index in [4.69, 9.17) is 4.74 Å². The number of unbranched alkanes of at least 4 members (excludes halogenated alkanes) is 1. The van der Waals surface area contributed by atoms with Crippen molar-refractivity contribution in [3.8, 4) is 0 Å². The molecule has 0 aliphatic heterocycles. The molecule has 0 amide bonds. The topological polar surface area (TPSA) is 49.4 Å². The fourth-order valence-electron chi connectivity index (χ4n) is 1.30. The molecule has 0 aliphatic rings. The zero-order valence-electron chi connectivity index (χ0n) is 13.0. The molecule has 4 heteroatoms. The van der Waals surface area contributed by atoms with Gasteiger partial charge in [0.25, 0.3) is 0 Å². The molecule has 0 saturated carbocycles. The van der Waals surface area contributed by atoms with Crippen LogP contribution in [0.4, 0.5) is 0 Å². The van der Waals surface area contributed by atoms with Gasteiger partial charge in [0.05, 0.1) is 27.7 Å². The second kappa shape index (κ2) is 11.5. The van der Waals surface area contributed by atoms with Crippen LogP contribution in [-0.2, 0) is 9.53 Å². The monoisotopic (exact) mass is 261 g/mol. The van der Waals surface area contributed by atoms with Crippen molar-refractivity contribution < 1.29 is 19.1 Å². The van der Waals surface area contributed by atoms with E-state index in [0.29, 0.717) is 6.42 Å². The second-order valence-corrected chi connectivity index (χ2v) is 5.57. The van der Waals surface area contributed by atoms with Crippen LogP contribution in [0.25, 0.3) is 0 Å². The van der Waals surface area contributed by atoms with Gasteiger partial charge in [-0.25, -0.2) is 0 Å². The minimum Gasteiger partial charge on any atom is -0.550 e. The Morgan fingerprint density at radius 2 is 1.83 bits per heavy atom. The van der Waals surface area contributed by atoms with Crippen molar-refractivity contribution in [2.45, 2.75) is 39.5 Å². The van der Waals surface area contributed by atoms with Crippen molar-refractivity contribution in [1.29, 1.82) is 0 Å². The van der Waals surface area contributed by atoms with E-state index in [1.807, 2.05) is 6.92 Å². The molecule has 1 atom stereocenters. The van der Waals surface area contributed by atoms with Crippen molar-refractivity contribution in [2.24, 2.45) is 5.92 Å². The number of carbonyl (C=O) groups excluding carboxylic acids is 1. The third-order valence-corrected chi connectivity index (χ3v) is 2.70. The van der Waals surface area contributed by atoms with E-state index in [1.165, 1.54) is 0 Å². The number of carbonyl (C=O) groups is 1. The lowest BCUT2D eigenvalue weighted by Crippen LogP contribution is -2.37. The van der Waals surface area contributed by atoms with Crippen LogP contribution < -0.4 is 5.11 Å². The number of rotatable bonds is 8. The molecule has 0 aromatic heterocycles. The van der Waals surface area contributed by atoms with Crippen LogP contribution >= 0.6 is 0 Å². The van der Waals surface area contributed by atoms with E-state index in [-0.39, 0.29) is 5.92 Å². The largest absolute Gasteiger partial charge is 0.550 e. The average Bonchev–Trinajstić information content (AvgIpc) is 2.27. The summed E-state index contributed by atoms with van der Waals surface area (Å²) in [6.07, 6.45) is 3.52. The van der Waals surface area contributed by atoms with E-state index in [2.05, 4.69) is 28.1 Å². The fraction of sp³-hybridized carbons (Fsp3) is 0.929. The molecular weight excluding hydrogens is 230 g/mol. The summed E-state index contributed by atoms with van der Waals surface area (Å²) in [4.78, 5) is 10.3. The first-order valence-corrected chi connectivity index (χ1v) is 6.78. The first-order valence-electron chi connectivity index (χ1n) is 6.78. The Morgan fingerprint density at radius 1 is 1.28 bits per heavy atom. The Hall–Kier alpha value is -0.610. The third kappa shape index (κ3) is 15.4. The van der Waals surface area contributed by atoms with Gasteiger partial charge in [-0.05, 0) is 18.8 Å². The number of carboxylic acids is 1. The lowest BCUT2D eigenvalue weighted by molar-refractivity contribution is -0.870. The van der Waals surface area contributed by atoms with Gasteiger partial charge in [-0.1, -0.05) is 26.7 Å². The Labute approximate surface area is 113 Å². The summed E-state index contributed by atoms with van der Waals surface area (Å²) in [7, 11) is 8.19. The third-order valence-electron chi connectivity index (χ3n) is 2.70. The van der Waals surface area contributed by atoms with Gasteiger partial charge in [-0.3, -0.25) is 0 Å². The smallest absolute Gasteiger partial charge is 0.102 e. The predicted octanol–water partition coefficient (Wildman–Crippen LogP) is 1.29. The van der Waals surface area contributed by atoms with E-state index in [9.17, 15) is 9.90 Å². The molecule has 18 heavy (non-hydrogen) atoms. The number of aliphatic carboxylic acids is 1. The lowest BCUT2D eigenvalue weighted by atomic mass is 10.00. The maximum Gasteiger partial charge on any atom is 0.102 e. The molecule has 0 N–H and O–H groups in total. The molecule has 0 aromatic carbocycles. The zero-order chi connectivity index (χ0) is 14.6. The number of methoxy groups -OCH3 is 1. The molecule has 0 aliphatic carbocycles. The highest BCUT2D eigenvalue weighted by molar-refractivity contribution is 5.67. The van der Waals surface area contributed by atoms with E-state index < -0.39 is 5.97 Å². The van der Waals surface area contributed by atoms with Crippen molar-refractivity contribution in [3.63, 3.8) is 0 Å². The summed E-state index contributed by atoms with van der Waals surface area (Å²) in [6.45, 7) is 5.87. The molecule has 0 saturated heterocycles.